The summed E-state index contributed by atoms with van der Waals surface area (Å²) < 4.78 is 7.76. The minimum Gasteiger partial charge on any atom is -0.292 e. The summed E-state index contributed by atoms with van der Waals surface area (Å²) in [5, 5.41) is 0. The molecule has 1 aromatic rings. The van der Waals surface area contributed by atoms with Crippen LogP contribution in [0, 0.1) is 6.92 Å². The van der Waals surface area contributed by atoms with Crippen LogP contribution in [0.4, 0.5) is 0 Å². The molecule has 1 heterocycles. The van der Waals surface area contributed by atoms with Crippen molar-refractivity contribution in [2.24, 2.45) is 0 Å². The lowest BCUT2D eigenvalue weighted by Gasteiger charge is -1.88. The molecule has 0 saturated heterocycles. The molecule has 4 heteroatoms. The summed E-state index contributed by atoms with van der Waals surface area (Å²) in [7, 11) is 0. The molecule has 0 aromatic carbocycles. The van der Waals surface area contributed by atoms with Gasteiger partial charge in [0.15, 0.2) is 5.78 Å². The normalized spacial score (nSPS) is 9.80. The molecule has 3 nitrogen and oxygen atoms in total. The summed E-state index contributed by atoms with van der Waals surface area (Å²) in [4.78, 5) is 11.0. The lowest BCUT2D eigenvalue weighted by atomic mass is 10.2. The topological polar surface area (TPSA) is 42.9 Å². The molecule has 0 saturated carbocycles. The predicted octanol–water partition coefficient (Wildman–Crippen LogP) is 1.44. The molecule has 10 heavy (non-hydrogen) atoms. The molecule has 1 rings (SSSR count). The Bertz CT molecular complexity index is 244. The Morgan fingerprint density at radius 2 is 2.30 bits per heavy atom. The van der Waals surface area contributed by atoms with Crippen molar-refractivity contribution in [3.05, 3.63) is 11.4 Å². The maximum atomic E-state index is 11.0. The molecule has 1 aromatic heterocycles. The van der Waals surface area contributed by atoms with E-state index in [1.54, 1.807) is 6.92 Å². The molecule has 0 N–H and O–H groups in total. The first-order valence-electron chi connectivity index (χ1n) is 3.08. The fourth-order valence-corrected chi connectivity index (χ4v) is 1.22. The Kier molecular flexibility index (Phi) is 2.11. The van der Waals surface area contributed by atoms with E-state index in [0.717, 1.165) is 17.4 Å². The highest BCUT2D eigenvalue weighted by Crippen LogP contribution is 2.06. The zero-order valence-corrected chi connectivity index (χ0v) is 6.73. The first-order valence-corrected chi connectivity index (χ1v) is 3.81. The van der Waals surface area contributed by atoms with Gasteiger partial charge in [0.2, 0.25) is 0 Å². The Labute approximate surface area is 63.4 Å². The molecule has 0 amide bonds. The number of ketones is 1. The van der Waals surface area contributed by atoms with Crippen LogP contribution in [0.1, 0.15) is 29.5 Å². The quantitative estimate of drug-likeness (QED) is 0.608. The van der Waals surface area contributed by atoms with Crippen molar-refractivity contribution < 1.29 is 4.79 Å². The van der Waals surface area contributed by atoms with Gasteiger partial charge in [-0.25, -0.2) is 0 Å². The molecule has 54 valence electrons. The SMILES string of the molecule is CCC(=O)c1nsnc1C. The maximum Gasteiger partial charge on any atom is 0.183 e. The Balaban J connectivity index is 2.93. The molecule has 0 aliphatic heterocycles. The van der Waals surface area contributed by atoms with E-state index in [9.17, 15) is 4.79 Å². The number of Topliss-reactive ketones (excluding diaryl/α,β-unsaturated/α-hetero) is 1. The van der Waals surface area contributed by atoms with Crippen LogP contribution in [-0.4, -0.2) is 14.5 Å². The van der Waals surface area contributed by atoms with Crippen molar-refractivity contribution in [3.8, 4) is 0 Å². The second-order valence-corrected chi connectivity index (χ2v) is 2.50. The largest absolute Gasteiger partial charge is 0.292 e. The summed E-state index contributed by atoms with van der Waals surface area (Å²) in [6, 6.07) is 0. The van der Waals surface area contributed by atoms with Gasteiger partial charge in [-0.3, -0.25) is 4.79 Å². The van der Waals surface area contributed by atoms with Crippen molar-refractivity contribution in [1.82, 2.24) is 8.75 Å². The van der Waals surface area contributed by atoms with Crippen molar-refractivity contribution in [2.45, 2.75) is 20.3 Å². The van der Waals surface area contributed by atoms with E-state index in [0.29, 0.717) is 12.1 Å². The van der Waals surface area contributed by atoms with Crippen LogP contribution in [0.3, 0.4) is 0 Å². The van der Waals surface area contributed by atoms with E-state index >= 15 is 0 Å². The average Bonchev–Trinajstić information content (AvgIpc) is 2.34. The van der Waals surface area contributed by atoms with Crippen LogP contribution < -0.4 is 0 Å². The predicted molar refractivity (Wildman–Crippen MR) is 39.3 cm³/mol. The standard InChI is InChI=1S/C6H8N2OS/c1-3-5(9)6-4(2)7-10-8-6/h3H2,1-2H3. The van der Waals surface area contributed by atoms with Crippen LogP contribution in [0.15, 0.2) is 0 Å². The Morgan fingerprint density at radius 3 is 2.70 bits per heavy atom. The summed E-state index contributed by atoms with van der Waals surface area (Å²) in [6.45, 7) is 3.62. The van der Waals surface area contributed by atoms with Gasteiger partial charge in [0.25, 0.3) is 0 Å². The fourth-order valence-electron chi connectivity index (χ4n) is 0.652. The van der Waals surface area contributed by atoms with Crippen molar-refractivity contribution in [2.75, 3.05) is 0 Å². The van der Waals surface area contributed by atoms with E-state index in [1.165, 1.54) is 0 Å². The van der Waals surface area contributed by atoms with Gasteiger partial charge in [-0.1, -0.05) is 6.92 Å². The molecule has 0 bridgehead atoms. The number of aryl methyl sites for hydroxylation is 1. The van der Waals surface area contributed by atoms with Crippen molar-refractivity contribution >= 4 is 17.5 Å². The Morgan fingerprint density at radius 1 is 1.60 bits per heavy atom. The molecule has 0 unspecified atom stereocenters. The highest BCUT2D eigenvalue weighted by atomic mass is 32.1. The Hall–Kier alpha value is -0.770. The van der Waals surface area contributed by atoms with Crippen LogP contribution in [-0.2, 0) is 0 Å². The van der Waals surface area contributed by atoms with Gasteiger partial charge in [-0.05, 0) is 6.92 Å². The second-order valence-electron chi connectivity index (χ2n) is 1.97. The molecular formula is C6H8N2OS. The number of rotatable bonds is 2. The zero-order valence-electron chi connectivity index (χ0n) is 5.92. The minimum atomic E-state index is 0.0752. The molecular weight excluding hydrogens is 148 g/mol. The van der Waals surface area contributed by atoms with Gasteiger partial charge in [0.05, 0.1) is 17.4 Å². The first-order chi connectivity index (χ1) is 4.75. The number of carbonyl (C=O) groups is 1. The van der Waals surface area contributed by atoms with Gasteiger partial charge in [-0.15, -0.1) is 0 Å². The third-order valence-corrected chi connectivity index (χ3v) is 1.86. The number of aromatic nitrogens is 2. The highest BCUT2D eigenvalue weighted by molar-refractivity contribution is 6.99. The summed E-state index contributed by atoms with van der Waals surface area (Å²) >= 11 is 1.09. The molecule has 0 spiro atoms. The molecule has 0 radical (unpaired) electrons. The maximum absolute atomic E-state index is 11.0. The van der Waals surface area contributed by atoms with Crippen LogP contribution in [0.2, 0.25) is 0 Å². The summed E-state index contributed by atoms with van der Waals surface area (Å²) in [6.07, 6.45) is 0.506. The van der Waals surface area contributed by atoms with Crippen molar-refractivity contribution in [3.63, 3.8) is 0 Å². The van der Waals surface area contributed by atoms with Gasteiger partial charge in [0.1, 0.15) is 5.69 Å². The average molecular weight is 156 g/mol. The monoisotopic (exact) mass is 156 g/mol. The number of hydrogen-bond donors (Lipinski definition) is 0. The van der Waals surface area contributed by atoms with Crippen LogP contribution >= 0.6 is 11.7 Å². The van der Waals surface area contributed by atoms with Gasteiger partial charge in [0, 0.05) is 6.42 Å². The van der Waals surface area contributed by atoms with Crippen LogP contribution in [0.5, 0.6) is 0 Å². The van der Waals surface area contributed by atoms with E-state index in [-0.39, 0.29) is 5.78 Å². The molecule has 0 aliphatic rings. The third-order valence-electron chi connectivity index (χ3n) is 1.24. The lowest BCUT2D eigenvalue weighted by Crippen LogP contribution is -1.98. The third kappa shape index (κ3) is 1.21. The van der Waals surface area contributed by atoms with Gasteiger partial charge in [-0.2, -0.15) is 8.75 Å². The second kappa shape index (κ2) is 2.88. The number of nitrogens with zero attached hydrogens (tertiary/aromatic N) is 2. The van der Waals surface area contributed by atoms with E-state index in [4.69, 9.17) is 0 Å². The van der Waals surface area contributed by atoms with E-state index < -0.39 is 0 Å². The zero-order chi connectivity index (χ0) is 7.56. The number of carbonyl (C=O) groups excluding carboxylic acids is 1. The first kappa shape index (κ1) is 7.34. The fraction of sp³-hybridized carbons (Fsp3) is 0.500. The minimum absolute atomic E-state index is 0.0752. The lowest BCUT2D eigenvalue weighted by molar-refractivity contribution is 0.0983. The molecule has 0 fully saturated rings. The van der Waals surface area contributed by atoms with E-state index in [2.05, 4.69) is 8.75 Å². The van der Waals surface area contributed by atoms with Gasteiger partial charge < -0.3 is 0 Å². The smallest absolute Gasteiger partial charge is 0.183 e. The van der Waals surface area contributed by atoms with Crippen molar-refractivity contribution in [1.29, 1.82) is 0 Å². The summed E-state index contributed by atoms with van der Waals surface area (Å²) in [5.74, 6) is 0.0752. The number of hydrogen-bond acceptors (Lipinski definition) is 4. The van der Waals surface area contributed by atoms with Gasteiger partial charge >= 0.3 is 0 Å². The van der Waals surface area contributed by atoms with E-state index in [1.807, 2.05) is 6.92 Å². The molecule has 0 atom stereocenters. The molecule has 0 aliphatic carbocycles. The van der Waals surface area contributed by atoms with Crippen LogP contribution in [0.25, 0.3) is 0 Å². The summed E-state index contributed by atoms with van der Waals surface area (Å²) in [5.41, 5.74) is 1.28. The highest BCUT2D eigenvalue weighted by Gasteiger charge is 2.09.